The van der Waals surface area contributed by atoms with E-state index in [1.807, 2.05) is 13.8 Å². The number of hydrogen-bond acceptors (Lipinski definition) is 6. The van der Waals surface area contributed by atoms with E-state index in [9.17, 15) is 18.0 Å². The van der Waals surface area contributed by atoms with Crippen LogP contribution >= 0.6 is 11.6 Å². The Bertz CT molecular complexity index is 753. The fourth-order valence-corrected chi connectivity index (χ4v) is 3.57. The number of nitrogens with one attached hydrogen (secondary N) is 1. The molecule has 0 unspecified atom stereocenters. The van der Waals surface area contributed by atoms with E-state index in [0.29, 0.717) is 4.47 Å². The highest BCUT2D eigenvalue weighted by atomic mass is 35.5. The Labute approximate surface area is 158 Å². The zero-order valence-corrected chi connectivity index (χ0v) is 16.7. The molecule has 0 spiro atoms. The fraction of sp³-hybridized carbons (Fsp3) is 0.500. The Morgan fingerprint density at radius 3 is 2.58 bits per heavy atom. The molecule has 146 valence electrons. The fourth-order valence-electron chi connectivity index (χ4n) is 2.10. The first-order chi connectivity index (χ1) is 12.1. The average Bonchev–Trinajstić information content (AvgIpc) is 2.59. The van der Waals surface area contributed by atoms with Gasteiger partial charge in [0.15, 0.2) is 6.61 Å². The first-order valence-corrected chi connectivity index (χ1v) is 9.74. The maximum absolute atomic E-state index is 12.3. The van der Waals surface area contributed by atoms with Crippen LogP contribution in [0.25, 0.3) is 0 Å². The first kappa shape index (κ1) is 22.4. The lowest BCUT2D eigenvalue weighted by Crippen LogP contribution is -2.35. The summed E-state index contributed by atoms with van der Waals surface area (Å²) >= 11 is 5.92. The highest BCUT2D eigenvalue weighted by Crippen LogP contribution is 2.25. The van der Waals surface area contributed by atoms with Crippen LogP contribution in [-0.4, -0.2) is 51.6 Å². The minimum atomic E-state index is -4.04. The Morgan fingerprint density at radius 2 is 2.00 bits per heavy atom. The van der Waals surface area contributed by atoms with Crippen LogP contribution in [0.2, 0.25) is 5.02 Å². The van der Waals surface area contributed by atoms with E-state index in [1.165, 1.54) is 26.3 Å². The first-order valence-electron chi connectivity index (χ1n) is 7.92. The second-order valence-corrected chi connectivity index (χ2v) is 7.89. The number of amides is 1. The quantitative estimate of drug-likeness (QED) is 0.497. The van der Waals surface area contributed by atoms with Gasteiger partial charge in [-0.3, -0.25) is 9.63 Å². The lowest BCUT2D eigenvalue weighted by atomic mass is 10.2. The number of hydrogen-bond donors (Lipinski definition) is 1. The van der Waals surface area contributed by atoms with Gasteiger partial charge in [0.25, 0.3) is 15.9 Å². The minimum Gasteiger partial charge on any atom is -0.452 e. The largest absolute Gasteiger partial charge is 0.452 e. The molecule has 0 saturated heterocycles. The zero-order valence-electron chi connectivity index (χ0n) is 15.1. The molecule has 1 amide bonds. The molecule has 1 rings (SSSR count). The smallest absolute Gasteiger partial charge is 0.338 e. The van der Waals surface area contributed by atoms with Gasteiger partial charge in [-0.2, -0.15) is 0 Å². The number of sulfonamides is 1. The van der Waals surface area contributed by atoms with Crippen molar-refractivity contribution in [2.24, 2.45) is 0 Å². The Morgan fingerprint density at radius 1 is 1.35 bits per heavy atom. The summed E-state index contributed by atoms with van der Waals surface area (Å²) in [7, 11) is -1.66. The highest BCUT2D eigenvalue weighted by Gasteiger charge is 2.25. The summed E-state index contributed by atoms with van der Waals surface area (Å²) in [4.78, 5) is 28.2. The molecule has 1 atom stereocenters. The standard InChI is InChI=1S/C16H23ClN2O6S/c1-5-6-11(2)18-15(20)10-25-16(21)12-7-8-13(17)14(9-12)26(22,23)19(3)24-4/h7-9,11H,5-6,10H2,1-4H3,(H,18,20)/t11-/m0/s1. The minimum absolute atomic E-state index is 0.0249. The molecule has 0 radical (unpaired) electrons. The molecular weight excluding hydrogens is 384 g/mol. The summed E-state index contributed by atoms with van der Waals surface area (Å²) in [5.74, 6) is -1.27. The number of hydroxylamine groups is 1. The van der Waals surface area contributed by atoms with Gasteiger partial charge in [-0.15, -0.1) is 0 Å². The van der Waals surface area contributed by atoms with Crippen molar-refractivity contribution in [2.75, 3.05) is 20.8 Å². The molecule has 1 aromatic carbocycles. The van der Waals surface area contributed by atoms with E-state index in [0.717, 1.165) is 18.9 Å². The third-order valence-corrected chi connectivity index (χ3v) is 5.67. The van der Waals surface area contributed by atoms with Crippen molar-refractivity contribution in [3.63, 3.8) is 0 Å². The van der Waals surface area contributed by atoms with E-state index in [-0.39, 0.29) is 21.5 Å². The zero-order chi connectivity index (χ0) is 19.9. The van der Waals surface area contributed by atoms with Gasteiger partial charge in [-0.1, -0.05) is 29.4 Å². The summed E-state index contributed by atoms with van der Waals surface area (Å²) in [6, 6.07) is 3.63. The predicted molar refractivity (Wildman–Crippen MR) is 96.2 cm³/mol. The van der Waals surface area contributed by atoms with Crippen LogP contribution in [0.1, 0.15) is 37.0 Å². The second kappa shape index (κ2) is 9.86. The van der Waals surface area contributed by atoms with Gasteiger partial charge in [0, 0.05) is 13.1 Å². The number of nitrogens with zero attached hydrogens (tertiary/aromatic N) is 1. The van der Waals surface area contributed by atoms with Crippen molar-refractivity contribution in [1.82, 2.24) is 9.79 Å². The molecule has 1 aromatic rings. The van der Waals surface area contributed by atoms with Gasteiger partial charge >= 0.3 is 5.97 Å². The molecule has 0 aliphatic heterocycles. The van der Waals surface area contributed by atoms with Crippen LogP contribution in [0.5, 0.6) is 0 Å². The van der Waals surface area contributed by atoms with Crippen molar-refractivity contribution < 1.29 is 27.6 Å². The number of carbonyl (C=O) groups is 2. The normalized spacial score (nSPS) is 12.7. The number of rotatable bonds is 9. The van der Waals surface area contributed by atoms with Crippen molar-refractivity contribution in [3.05, 3.63) is 28.8 Å². The molecule has 0 fully saturated rings. The molecule has 0 heterocycles. The number of halogens is 1. The Balaban J connectivity index is 2.86. The Hall–Kier alpha value is -1.68. The number of benzene rings is 1. The summed E-state index contributed by atoms with van der Waals surface area (Å²) in [5, 5.41) is 2.63. The van der Waals surface area contributed by atoms with Crippen LogP contribution in [-0.2, 0) is 24.4 Å². The van der Waals surface area contributed by atoms with Crippen molar-refractivity contribution >= 4 is 33.5 Å². The third kappa shape index (κ3) is 5.94. The van der Waals surface area contributed by atoms with Gasteiger partial charge in [0.1, 0.15) is 4.90 Å². The maximum atomic E-state index is 12.3. The molecule has 26 heavy (non-hydrogen) atoms. The van der Waals surface area contributed by atoms with Crippen molar-refractivity contribution in [2.45, 2.75) is 37.6 Å². The van der Waals surface area contributed by atoms with E-state index < -0.39 is 28.5 Å². The number of carbonyl (C=O) groups excluding carboxylic acids is 2. The van der Waals surface area contributed by atoms with E-state index in [1.54, 1.807) is 0 Å². The Kier molecular flexibility index (Phi) is 8.48. The summed E-state index contributed by atoms with van der Waals surface area (Å²) in [6.07, 6.45) is 1.73. The lowest BCUT2D eigenvalue weighted by molar-refractivity contribution is -0.124. The molecule has 0 aliphatic rings. The lowest BCUT2D eigenvalue weighted by Gasteiger charge is -2.16. The molecular formula is C16H23ClN2O6S. The predicted octanol–water partition coefficient (Wildman–Crippen LogP) is 1.98. The summed E-state index contributed by atoms with van der Waals surface area (Å²) in [6.45, 7) is 3.39. The summed E-state index contributed by atoms with van der Waals surface area (Å²) in [5.41, 5.74) is -0.0492. The average molecular weight is 407 g/mol. The molecule has 1 N–H and O–H groups in total. The van der Waals surface area contributed by atoms with Crippen LogP contribution in [0.4, 0.5) is 0 Å². The van der Waals surface area contributed by atoms with Gasteiger partial charge in [-0.05, 0) is 31.5 Å². The molecule has 8 nitrogen and oxygen atoms in total. The molecule has 0 aromatic heterocycles. The number of ether oxygens (including phenoxy) is 1. The number of esters is 1. The second-order valence-electron chi connectivity index (χ2n) is 5.58. The van der Waals surface area contributed by atoms with E-state index in [2.05, 4.69) is 10.2 Å². The molecule has 0 aliphatic carbocycles. The van der Waals surface area contributed by atoms with E-state index in [4.69, 9.17) is 16.3 Å². The van der Waals surface area contributed by atoms with Crippen molar-refractivity contribution in [1.29, 1.82) is 0 Å². The molecule has 10 heteroatoms. The van der Waals surface area contributed by atoms with Gasteiger partial charge in [0.2, 0.25) is 0 Å². The highest BCUT2D eigenvalue weighted by molar-refractivity contribution is 7.89. The van der Waals surface area contributed by atoms with Gasteiger partial charge < -0.3 is 10.1 Å². The SMILES string of the molecule is CCC[C@H](C)NC(=O)COC(=O)c1ccc(Cl)c(S(=O)(=O)N(C)OC)c1. The van der Waals surface area contributed by atoms with Crippen LogP contribution in [0.15, 0.2) is 23.1 Å². The topological polar surface area (TPSA) is 102 Å². The molecule has 0 bridgehead atoms. The van der Waals surface area contributed by atoms with Crippen LogP contribution in [0.3, 0.4) is 0 Å². The van der Waals surface area contributed by atoms with Gasteiger partial charge in [0.05, 0.1) is 17.7 Å². The van der Waals surface area contributed by atoms with Crippen LogP contribution in [0, 0.1) is 0 Å². The third-order valence-electron chi connectivity index (χ3n) is 3.50. The molecule has 0 saturated carbocycles. The summed E-state index contributed by atoms with van der Waals surface area (Å²) < 4.78 is 30.2. The monoisotopic (exact) mass is 406 g/mol. The van der Waals surface area contributed by atoms with Crippen molar-refractivity contribution in [3.8, 4) is 0 Å². The van der Waals surface area contributed by atoms with Gasteiger partial charge in [-0.25, -0.2) is 13.2 Å². The van der Waals surface area contributed by atoms with E-state index >= 15 is 0 Å². The maximum Gasteiger partial charge on any atom is 0.338 e. The van der Waals surface area contributed by atoms with Crippen LogP contribution < -0.4 is 5.32 Å².